The van der Waals surface area contributed by atoms with Gasteiger partial charge in [0, 0.05) is 23.9 Å². The molecular weight excluding hydrogens is 256 g/mol. The summed E-state index contributed by atoms with van der Waals surface area (Å²) in [7, 11) is 0. The molecule has 2 unspecified atom stereocenters. The molecule has 0 spiro atoms. The summed E-state index contributed by atoms with van der Waals surface area (Å²) in [6, 6.07) is 9.80. The average Bonchev–Trinajstić information content (AvgIpc) is 2.36. The number of nitrogens with zero attached hydrogens (tertiary/aromatic N) is 1. The number of carbonyl (C=O) groups is 1. The zero-order chi connectivity index (χ0) is 14.7. The Kier molecular flexibility index (Phi) is 4.20. The molecule has 5 heteroatoms. The average molecular weight is 273 g/mol. The molecule has 1 radical (unpaired) electrons. The van der Waals surface area contributed by atoms with Crippen LogP contribution in [-0.2, 0) is 0 Å². The number of rotatable bonds is 5. The third-order valence-electron chi connectivity index (χ3n) is 2.85. The van der Waals surface area contributed by atoms with Crippen LogP contribution in [0.5, 0.6) is 5.75 Å². The zero-order valence-electron chi connectivity index (χ0n) is 11.5. The van der Waals surface area contributed by atoms with Crippen LogP contribution < -0.4 is 10.5 Å². The van der Waals surface area contributed by atoms with Gasteiger partial charge in [-0.25, -0.2) is 4.98 Å². The SMILES string of the molecule is CC(O)CC(C)Oc1[c]cc2ccc(C(N)=O)nc2c1. The molecular formula is C15H17N2O3. The van der Waals surface area contributed by atoms with E-state index in [1.54, 1.807) is 31.2 Å². The summed E-state index contributed by atoms with van der Waals surface area (Å²) in [5, 5.41) is 10.2. The maximum absolute atomic E-state index is 11.1. The summed E-state index contributed by atoms with van der Waals surface area (Å²) in [6.45, 7) is 3.59. The Balaban J connectivity index is 2.25. The van der Waals surface area contributed by atoms with Crippen LogP contribution in [0.1, 0.15) is 30.8 Å². The van der Waals surface area contributed by atoms with Crippen molar-refractivity contribution in [3.63, 3.8) is 0 Å². The molecule has 0 saturated heterocycles. The fourth-order valence-electron chi connectivity index (χ4n) is 1.99. The lowest BCUT2D eigenvalue weighted by molar-refractivity contribution is 0.0995. The number of fused-ring (bicyclic) bond motifs is 1. The molecule has 2 rings (SSSR count). The van der Waals surface area contributed by atoms with Gasteiger partial charge in [-0.05, 0) is 26.0 Å². The highest BCUT2D eigenvalue weighted by Crippen LogP contribution is 2.21. The number of ether oxygens (including phenoxy) is 1. The van der Waals surface area contributed by atoms with Gasteiger partial charge in [0.15, 0.2) is 0 Å². The number of hydrogen-bond donors (Lipinski definition) is 2. The summed E-state index contributed by atoms with van der Waals surface area (Å²) in [6.07, 6.45) is -0.0336. The predicted octanol–water partition coefficient (Wildman–Crippen LogP) is 1.67. The van der Waals surface area contributed by atoms with E-state index in [1.165, 1.54) is 0 Å². The van der Waals surface area contributed by atoms with Crippen LogP contribution in [0.2, 0.25) is 0 Å². The van der Waals surface area contributed by atoms with E-state index in [9.17, 15) is 9.90 Å². The largest absolute Gasteiger partial charge is 0.490 e. The molecule has 0 aliphatic carbocycles. The molecule has 20 heavy (non-hydrogen) atoms. The Labute approximate surface area is 117 Å². The zero-order valence-corrected chi connectivity index (χ0v) is 11.5. The Hall–Kier alpha value is -2.14. The maximum atomic E-state index is 11.1. The maximum Gasteiger partial charge on any atom is 0.267 e. The predicted molar refractivity (Wildman–Crippen MR) is 75.5 cm³/mol. The summed E-state index contributed by atoms with van der Waals surface area (Å²) in [4.78, 5) is 15.3. The fraction of sp³-hybridized carbons (Fsp3) is 0.333. The molecule has 2 aromatic rings. The Morgan fingerprint density at radius 2 is 2.25 bits per heavy atom. The third kappa shape index (κ3) is 3.45. The van der Waals surface area contributed by atoms with Crippen LogP contribution in [-0.4, -0.2) is 28.2 Å². The first-order valence-electron chi connectivity index (χ1n) is 6.42. The monoisotopic (exact) mass is 273 g/mol. The topological polar surface area (TPSA) is 85.4 Å². The van der Waals surface area contributed by atoms with Crippen molar-refractivity contribution in [2.75, 3.05) is 0 Å². The van der Waals surface area contributed by atoms with Crippen LogP contribution in [0.3, 0.4) is 0 Å². The highest BCUT2D eigenvalue weighted by atomic mass is 16.5. The molecule has 105 valence electrons. The van der Waals surface area contributed by atoms with Gasteiger partial charge >= 0.3 is 0 Å². The van der Waals surface area contributed by atoms with Gasteiger partial charge in [0.2, 0.25) is 0 Å². The molecule has 1 aromatic heterocycles. The van der Waals surface area contributed by atoms with Crippen molar-refractivity contribution >= 4 is 16.8 Å². The molecule has 0 aliphatic heterocycles. The van der Waals surface area contributed by atoms with E-state index in [2.05, 4.69) is 11.1 Å². The number of aliphatic hydroxyl groups is 1. The Morgan fingerprint density at radius 1 is 1.50 bits per heavy atom. The van der Waals surface area contributed by atoms with Gasteiger partial charge in [0.1, 0.15) is 11.4 Å². The minimum absolute atomic E-state index is 0.136. The fourth-order valence-corrected chi connectivity index (χ4v) is 1.99. The van der Waals surface area contributed by atoms with E-state index in [-0.39, 0.29) is 11.8 Å². The van der Waals surface area contributed by atoms with Gasteiger partial charge in [-0.2, -0.15) is 0 Å². The summed E-state index contributed by atoms with van der Waals surface area (Å²) >= 11 is 0. The van der Waals surface area contributed by atoms with Crippen LogP contribution in [0.4, 0.5) is 0 Å². The number of carbonyl (C=O) groups excluding carboxylic acids is 1. The molecule has 1 aromatic carbocycles. The number of amides is 1. The lowest BCUT2D eigenvalue weighted by Crippen LogP contribution is -2.18. The van der Waals surface area contributed by atoms with Crippen LogP contribution in [0, 0.1) is 6.07 Å². The molecule has 3 N–H and O–H groups in total. The van der Waals surface area contributed by atoms with E-state index < -0.39 is 12.0 Å². The lowest BCUT2D eigenvalue weighted by atomic mass is 10.1. The first kappa shape index (κ1) is 14.3. The highest BCUT2D eigenvalue weighted by molar-refractivity contribution is 5.93. The van der Waals surface area contributed by atoms with Gasteiger partial charge in [-0.3, -0.25) is 4.79 Å². The Morgan fingerprint density at radius 3 is 2.90 bits per heavy atom. The summed E-state index contributed by atoms with van der Waals surface area (Å²) < 4.78 is 5.66. The molecule has 5 nitrogen and oxygen atoms in total. The lowest BCUT2D eigenvalue weighted by Gasteiger charge is -2.16. The molecule has 0 fully saturated rings. The molecule has 0 saturated carbocycles. The van der Waals surface area contributed by atoms with Crippen molar-refractivity contribution in [3.05, 3.63) is 36.0 Å². The first-order chi connectivity index (χ1) is 9.45. The van der Waals surface area contributed by atoms with Gasteiger partial charge in [-0.1, -0.05) is 6.07 Å². The van der Waals surface area contributed by atoms with Crippen molar-refractivity contribution in [1.29, 1.82) is 0 Å². The van der Waals surface area contributed by atoms with Crippen molar-refractivity contribution in [2.24, 2.45) is 5.73 Å². The number of aromatic nitrogens is 1. The molecule has 1 amide bonds. The van der Waals surface area contributed by atoms with Gasteiger partial charge < -0.3 is 15.6 Å². The van der Waals surface area contributed by atoms with Gasteiger partial charge in [0.05, 0.1) is 17.7 Å². The normalized spacial score (nSPS) is 13.9. The van der Waals surface area contributed by atoms with Crippen molar-refractivity contribution in [3.8, 4) is 5.75 Å². The number of pyridine rings is 1. The first-order valence-corrected chi connectivity index (χ1v) is 6.42. The number of primary amides is 1. The second-order valence-electron chi connectivity index (χ2n) is 4.85. The van der Waals surface area contributed by atoms with Gasteiger partial charge in [0.25, 0.3) is 5.91 Å². The minimum atomic E-state index is -0.565. The smallest absolute Gasteiger partial charge is 0.267 e. The standard InChI is InChI=1S/C15H17N2O3/c1-9(18)7-10(2)20-12-5-3-11-4-6-13(15(16)19)17-14(11)8-12/h3-4,6,8-10,18H,7H2,1-2H3,(H2,16,19). The number of hydrogen-bond acceptors (Lipinski definition) is 4. The van der Waals surface area contributed by atoms with Crippen LogP contribution in [0.25, 0.3) is 10.9 Å². The van der Waals surface area contributed by atoms with Crippen molar-refractivity contribution in [2.45, 2.75) is 32.5 Å². The molecule has 0 bridgehead atoms. The number of aliphatic hydroxyl groups excluding tert-OH is 1. The second kappa shape index (κ2) is 5.88. The quantitative estimate of drug-likeness (QED) is 0.867. The van der Waals surface area contributed by atoms with E-state index in [0.29, 0.717) is 17.7 Å². The van der Waals surface area contributed by atoms with Crippen LogP contribution in [0.15, 0.2) is 24.3 Å². The van der Waals surface area contributed by atoms with E-state index in [1.807, 2.05) is 6.92 Å². The van der Waals surface area contributed by atoms with E-state index in [0.717, 1.165) is 5.39 Å². The highest BCUT2D eigenvalue weighted by Gasteiger charge is 2.09. The van der Waals surface area contributed by atoms with Crippen molar-refractivity contribution in [1.82, 2.24) is 4.98 Å². The minimum Gasteiger partial charge on any atom is -0.490 e. The molecule has 1 heterocycles. The molecule has 2 atom stereocenters. The number of benzene rings is 1. The van der Waals surface area contributed by atoms with E-state index >= 15 is 0 Å². The van der Waals surface area contributed by atoms with Crippen molar-refractivity contribution < 1.29 is 14.6 Å². The third-order valence-corrected chi connectivity index (χ3v) is 2.85. The summed E-state index contributed by atoms with van der Waals surface area (Å²) in [5.41, 5.74) is 6.05. The van der Waals surface area contributed by atoms with E-state index in [4.69, 9.17) is 10.5 Å². The summed E-state index contributed by atoms with van der Waals surface area (Å²) in [5.74, 6) is -0.0376. The van der Waals surface area contributed by atoms with Gasteiger partial charge in [-0.15, -0.1) is 0 Å². The Bertz CT molecular complexity index is 626. The molecule has 0 aliphatic rings. The van der Waals surface area contributed by atoms with Crippen LogP contribution >= 0.6 is 0 Å². The second-order valence-corrected chi connectivity index (χ2v) is 4.85. The number of nitrogens with two attached hydrogens (primary N) is 1.